The van der Waals surface area contributed by atoms with E-state index in [0.29, 0.717) is 18.5 Å². The fourth-order valence-corrected chi connectivity index (χ4v) is 2.50. The Hall–Kier alpha value is -2.35. The third-order valence-electron chi connectivity index (χ3n) is 3.64. The van der Waals surface area contributed by atoms with E-state index < -0.39 is 17.8 Å². The summed E-state index contributed by atoms with van der Waals surface area (Å²) in [5.74, 6) is -1.40. The highest BCUT2D eigenvalue weighted by Gasteiger charge is 2.31. The topological polar surface area (TPSA) is 92.9 Å². The van der Waals surface area contributed by atoms with Crippen LogP contribution in [0.3, 0.4) is 0 Å². The zero-order chi connectivity index (χ0) is 14.8. The van der Waals surface area contributed by atoms with Crippen molar-refractivity contribution in [1.82, 2.24) is 20.2 Å². The lowest BCUT2D eigenvalue weighted by Crippen LogP contribution is -2.29. The van der Waals surface area contributed by atoms with Gasteiger partial charge < -0.3 is 10.4 Å². The van der Waals surface area contributed by atoms with Crippen LogP contribution in [-0.4, -0.2) is 37.3 Å². The van der Waals surface area contributed by atoms with E-state index in [9.17, 15) is 14.3 Å². The molecule has 2 unspecified atom stereocenters. The average molecular weight is 291 g/mol. The van der Waals surface area contributed by atoms with Crippen molar-refractivity contribution in [2.45, 2.75) is 25.4 Å². The number of aliphatic hydroxyl groups excluding tert-OH is 1. The van der Waals surface area contributed by atoms with Gasteiger partial charge in [-0.25, -0.2) is 9.07 Å². The summed E-state index contributed by atoms with van der Waals surface area (Å²) in [6.07, 6.45) is 2.73. The number of carbonyl (C=O) groups is 1. The van der Waals surface area contributed by atoms with Gasteiger partial charge in [0.2, 0.25) is 5.91 Å². The summed E-state index contributed by atoms with van der Waals surface area (Å²) < 4.78 is 15.2. The van der Waals surface area contributed by atoms with Crippen LogP contribution < -0.4 is 5.32 Å². The summed E-state index contributed by atoms with van der Waals surface area (Å²) in [7, 11) is 0. The van der Waals surface area contributed by atoms with Crippen molar-refractivity contribution in [2.24, 2.45) is 5.92 Å². The van der Waals surface area contributed by atoms with E-state index in [2.05, 4.69) is 20.8 Å². The normalized spacial score (nSPS) is 21.4. The van der Waals surface area contributed by atoms with Gasteiger partial charge in [-0.1, -0.05) is 0 Å². The third kappa shape index (κ3) is 2.75. The van der Waals surface area contributed by atoms with Gasteiger partial charge in [-0.2, -0.15) is 0 Å². The predicted molar refractivity (Wildman–Crippen MR) is 71.1 cm³/mol. The number of amides is 1. The summed E-state index contributed by atoms with van der Waals surface area (Å²) in [6, 6.07) is 4.19. The van der Waals surface area contributed by atoms with E-state index in [1.165, 1.54) is 29.2 Å². The molecule has 0 saturated heterocycles. The molecule has 1 aliphatic carbocycles. The Bertz CT molecular complexity index is 646. The standard InChI is InChI=1S/C13H14FN5O2/c14-10-5-4-8(19-7-15-17-18-19)6-11(10)16-13(21)9-2-1-3-12(9)20/h4-7,9,12,20H,1-3H2,(H,16,21). The molecule has 1 aromatic heterocycles. The van der Waals surface area contributed by atoms with E-state index in [-0.39, 0.29) is 11.6 Å². The summed E-state index contributed by atoms with van der Waals surface area (Å²) in [6.45, 7) is 0. The Labute approximate surface area is 119 Å². The second kappa shape index (κ2) is 5.57. The molecule has 110 valence electrons. The quantitative estimate of drug-likeness (QED) is 0.876. The molecule has 1 aliphatic rings. The first kappa shape index (κ1) is 13.6. The maximum absolute atomic E-state index is 13.8. The van der Waals surface area contributed by atoms with Gasteiger partial charge in [0.25, 0.3) is 0 Å². The van der Waals surface area contributed by atoms with Gasteiger partial charge in [-0.15, -0.1) is 5.10 Å². The van der Waals surface area contributed by atoms with Crippen LogP contribution in [0.25, 0.3) is 5.69 Å². The molecule has 1 saturated carbocycles. The van der Waals surface area contributed by atoms with Gasteiger partial charge in [-0.05, 0) is 47.9 Å². The molecule has 7 nitrogen and oxygen atoms in total. The molecule has 1 heterocycles. The number of hydrogen-bond donors (Lipinski definition) is 2. The Morgan fingerprint density at radius 1 is 1.43 bits per heavy atom. The number of carbonyl (C=O) groups excluding carboxylic acids is 1. The first-order valence-corrected chi connectivity index (χ1v) is 6.67. The number of hydrogen-bond acceptors (Lipinski definition) is 5. The molecule has 1 fully saturated rings. The Kier molecular flexibility index (Phi) is 3.61. The van der Waals surface area contributed by atoms with Gasteiger partial charge in [0, 0.05) is 0 Å². The minimum absolute atomic E-state index is 0.0482. The molecule has 8 heteroatoms. The van der Waals surface area contributed by atoms with Crippen LogP contribution in [0.4, 0.5) is 10.1 Å². The Morgan fingerprint density at radius 2 is 2.29 bits per heavy atom. The van der Waals surface area contributed by atoms with E-state index in [4.69, 9.17) is 0 Å². The van der Waals surface area contributed by atoms with Gasteiger partial charge in [0.05, 0.1) is 23.4 Å². The fraction of sp³-hybridized carbons (Fsp3) is 0.385. The molecule has 2 aromatic rings. The lowest BCUT2D eigenvalue weighted by Gasteiger charge is -2.15. The van der Waals surface area contributed by atoms with Gasteiger partial charge in [0.15, 0.2) is 0 Å². The highest BCUT2D eigenvalue weighted by Crippen LogP contribution is 2.27. The smallest absolute Gasteiger partial charge is 0.230 e. The second-order valence-corrected chi connectivity index (χ2v) is 5.01. The predicted octanol–water partition coefficient (Wildman–Crippen LogP) is 0.901. The fourth-order valence-electron chi connectivity index (χ4n) is 2.50. The first-order chi connectivity index (χ1) is 10.1. The lowest BCUT2D eigenvalue weighted by atomic mass is 10.1. The maximum Gasteiger partial charge on any atom is 0.230 e. The van der Waals surface area contributed by atoms with E-state index in [1.807, 2.05) is 0 Å². The largest absolute Gasteiger partial charge is 0.392 e. The Balaban J connectivity index is 1.81. The van der Waals surface area contributed by atoms with E-state index in [1.54, 1.807) is 0 Å². The molecule has 0 radical (unpaired) electrons. The van der Waals surface area contributed by atoms with Crippen molar-refractivity contribution in [1.29, 1.82) is 0 Å². The third-order valence-corrected chi connectivity index (χ3v) is 3.64. The van der Waals surface area contributed by atoms with Crippen molar-refractivity contribution < 1.29 is 14.3 Å². The van der Waals surface area contributed by atoms with Crippen molar-refractivity contribution in [3.63, 3.8) is 0 Å². The zero-order valence-electron chi connectivity index (χ0n) is 11.1. The second-order valence-electron chi connectivity index (χ2n) is 5.01. The summed E-state index contributed by atoms with van der Waals surface area (Å²) in [4.78, 5) is 12.1. The molecular weight excluding hydrogens is 277 g/mol. The highest BCUT2D eigenvalue weighted by atomic mass is 19.1. The summed E-state index contributed by atoms with van der Waals surface area (Å²) in [5, 5.41) is 23.0. The molecule has 0 bridgehead atoms. The first-order valence-electron chi connectivity index (χ1n) is 6.67. The monoisotopic (exact) mass is 291 g/mol. The van der Waals surface area contributed by atoms with Crippen molar-refractivity contribution in [3.8, 4) is 5.69 Å². The minimum atomic E-state index is -0.657. The molecule has 0 spiro atoms. The van der Waals surface area contributed by atoms with Gasteiger partial charge >= 0.3 is 0 Å². The van der Waals surface area contributed by atoms with Crippen LogP contribution in [0.5, 0.6) is 0 Å². The molecular formula is C13H14FN5O2. The summed E-state index contributed by atoms with van der Waals surface area (Å²) in [5.41, 5.74) is 0.579. The number of nitrogens with zero attached hydrogens (tertiary/aromatic N) is 4. The molecule has 0 aliphatic heterocycles. The van der Waals surface area contributed by atoms with Crippen LogP contribution in [-0.2, 0) is 4.79 Å². The number of tetrazole rings is 1. The van der Waals surface area contributed by atoms with E-state index in [0.717, 1.165) is 6.42 Å². The van der Waals surface area contributed by atoms with Crippen LogP contribution >= 0.6 is 0 Å². The molecule has 1 aromatic carbocycles. The summed E-state index contributed by atoms with van der Waals surface area (Å²) >= 11 is 0. The maximum atomic E-state index is 13.8. The van der Waals surface area contributed by atoms with Gasteiger partial charge in [0.1, 0.15) is 12.1 Å². The van der Waals surface area contributed by atoms with E-state index >= 15 is 0 Å². The number of anilines is 1. The number of aromatic nitrogens is 4. The number of nitrogens with one attached hydrogen (secondary N) is 1. The molecule has 2 N–H and O–H groups in total. The van der Waals surface area contributed by atoms with Crippen molar-refractivity contribution in [3.05, 3.63) is 30.3 Å². The van der Waals surface area contributed by atoms with Crippen LogP contribution in [0, 0.1) is 11.7 Å². The highest BCUT2D eigenvalue weighted by molar-refractivity contribution is 5.93. The molecule has 21 heavy (non-hydrogen) atoms. The number of halogens is 1. The number of benzene rings is 1. The van der Waals surface area contributed by atoms with Gasteiger partial charge in [-0.3, -0.25) is 4.79 Å². The average Bonchev–Trinajstić information content (AvgIpc) is 3.12. The Morgan fingerprint density at radius 3 is 2.95 bits per heavy atom. The van der Waals surface area contributed by atoms with Crippen molar-refractivity contribution >= 4 is 11.6 Å². The van der Waals surface area contributed by atoms with Crippen molar-refractivity contribution in [2.75, 3.05) is 5.32 Å². The lowest BCUT2D eigenvalue weighted by molar-refractivity contribution is -0.122. The van der Waals surface area contributed by atoms with Crippen LogP contribution in [0.2, 0.25) is 0 Å². The zero-order valence-corrected chi connectivity index (χ0v) is 11.1. The SMILES string of the molecule is O=C(Nc1cc(-n2cnnn2)ccc1F)C1CCCC1O. The molecule has 3 rings (SSSR count). The molecule has 1 amide bonds. The number of rotatable bonds is 3. The minimum Gasteiger partial charge on any atom is -0.392 e. The van der Waals surface area contributed by atoms with Crippen LogP contribution in [0.15, 0.2) is 24.5 Å². The van der Waals surface area contributed by atoms with Crippen LogP contribution in [0.1, 0.15) is 19.3 Å². The number of aliphatic hydroxyl groups is 1. The molecule has 2 atom stereocenters.